The first-order valence-corrected chi connectivity index (χ1v) is 9.03. The van der Waals surface area contributed by atoms with E-state index in [0.29, 0.717) is 38.8 Å². The molecule has 4 amide bonds. The number of urea groups is 1. The van der Waals surface area contributed by atoms with Crippen molar-refractivity contribution >= 4 is 23.8 Å². The Morgan fingerprint density at radius 3 is 2.33 bits per heavy atom. The zero-order chi connectivity index (χ0) is 19.6. The molecule has 144 valence electrons. The van der Waals surface area contributed by atoms with E-state index in [1.807, 2.05) is 0 Å². The van der Waals surface area contributed by atoms with Gasteiger partial charge in [-0.2, -0.15) is 0 Å². The highest BCUT2D eigenvalue weighted by Gasteiger charge is 2.48. The van der Waals surface area contributed by atoms with Gasteiger partial charge in [0.15, 0.2) is 0 Å². The molecular formula is C19H23N3O5. The molecule has 1 atom stereocenters. The van der Waals surface area contributed by atoms with Crippen LogP contribution in [0.2, 0.25) is 0 Å². The molecule has 1 unspecified atom stereocenters. The summed E-state index contributed by atoms with van der Waals surface area (Å²) in [6, 6.07) is 6.07. The number of aryl methyl sites for hydroxylation is 1. The number of hydrogen-bond donors (Lipinski definition) is 3. The molecule has 0 aromatic heterocycles. The van der Waals surface area contributed by atoms with Gasteiger partial charge in [0, 0.05) is 19.5 Å². The Labute approximate surface area is 156 Å². The topological polar surface area (TPSA) is 116 Å². The highest BCUT2D eigenvalue weighted by atomic mass is 16.4. The van der Waals surface area contributed by atoms with E-state index in [-0.39, 0.29) is 23.3 Å². The van der Waals surface area contributed by atoms with E-state index in [1.54, 1.807) is 24.0 Å². The van der Waals surface area contributed by atoms with Gasteiger partial charge in [0.25, 0.3) is 5.91 Å². The highest BCUT2D eigenvalue weighted by Crippen LogP contribution is 2.30. The van der Waals surface area contributed by atoms with E-state index < -0.39 is 17.5 Å². The summed E-state index contributed by atoms with van der Waals surface area (Å²) in [5, 5.41) is 13.9. The number of hydrogen-bond acceptors (Lipinski definition) is 4. The molecule has 2 fully saturated rings. The second kappa shape index (κ2) is 7.38. The van der Waals surface area contributed by atoms with Crippen LogP contribution in [0, 0.1) is 5.92 Å². The maximum absolute atomic E-state index is 12.5. The van der Waals surface area contributed by atoms with Crippen LogP contribution in [-0.4, -0.2) is 52.4 Å². The molecule has 0 aliphatic carbocycles. The predicted octanol–water partition coefficient (Wildman–Crippen LogP) is 1.15. The molecular weight excluding hydrogens is 350 g/mol. The molecule has 2 aliphatic rings. The Hall–Kier alpha value is -2.90. The molecule has 3 N–H and O–H groups in total. The first-order chi connectivity index (χ1) is 12.8. The number of carbonyl (C=O) groups excluding carboxylic acids is 3. The Morgan fingerprint density at radius 2 is 1.81 bits per heavy atom. The Kier molecular flexibility index (Phi) is 5.16. The summed E-state index contributed by atoms with van der Waals surface area (Å²) in [6.07, 6.45) is 2.22. The molecule has 0 spiro atoms. The van der Waals surface area contributed by atoms with Gasteiger partial charge in [0.1, 0.15) is 5.54 Å². The van der Waals surface area contributed by atoms with E-state index in [2.05, 4.69) is 10.6 Å². The van der Waals surface area contributed by atoms with Gasteiger partial charge in [-0.25, -0.2) is 9.59 Å². The lowest BCUT2D eigenvalue weighted by Gasteiger charge is -2.38. The lowest BCUT2D eigenvalue weighted by Crippen LogP contribution is -2.54. The minimum Gasteiger partial charge on any atom is -0.478 e. The number of amides is 4. The fraction of sp³-hybridized carbons (Fsp3) is 0.474. The molecule has 2 saturated heterocycles. The number of aromatic carboxylic acids is 1. The Bertz CT molecular complexity index is 768. The van der Waals surface area contributed by atoms with Crippen molar-refractivity contribution < 1.29 is 24.3 Å². The van der Waals surface area contributed by atoms with Gasteiger partial charge < -0.3 is 15.3 Å². The molecule has 2 aliphatic heterocycles. The second-order valence-corrected chi connectivity index (χ2v) is 7.27. The monoisotopic (exact) mass is 373 g/mol. The largest absolute Gasteiger partial charge is 0.478 e. The van der Waals surface area contributed by atoms with Crippen molar-refractivity contribution in [3.05, 3.63) is 35.4 Å². The molecule has 8 nitrogen and oxygen atoms in total. The van der Waals surface area contributed by atoms with Gasteiger partial charge >= 0.3 is 12.0 Å². The lowest BCUT2D eigenvalue weighted by molar-refractivity contribution is -0.133. The van der Waals surface area contributed by atoms with Crippen molar-refractivity contribution in [1.82, 2.24) is 15.5 Å². The summed E-state index contributed by atoms with van der Waals surface area (Å²) < 4.78 is 0. The zero-order valence-corrected chi connectivity index (χ0v) is 15.2. The van der Waals surface area contributed by atoms with Crippen molar-refractivity contribution in [3.8, 4) is 0 Å². The number of imide groups is 1. The number of carboxylic acid groups (broad SMARTS) is 1. The van der Waals surface area contributed by atoms with Crippen LogP contribution >= 0.6 is 0 Å². The molecule has 0 bridgehead atoms. The molecule has 1 aromatic carbocycles. The quantitative estimate of drug-likeness (QED) is 0.670. The maximum atomic E-state index is 12.5. The Balaban J connectivity index is 1.49. The van der Waals surface area contributed by atoms with Crippen molar-refractivity contribution in [2.75, 3.05) is 13.1 Å². The van der Waals surface area contributed by atoms with Crippen molar-refractivity contribution in [2.45, 2.75) is 38.1 Å². The van der Waals surface area contributed by atoms with Crippen LogP contribution in [0.25, 0.3) is 0 Å². The third-order valence-electron chi connectivity index (χ3n) is 5.56. The number of nitrogens with one attached hydrogen (secondary N) is 2. The number of carbonyl (C=O) groups is 4. The van der Waals surface area contributed by atoms with E-state index >= 15 is 0 Å². The van der Waals surface area contributed by atoms with Crippen LogP contribution in [0.15, 0.2) is 24.3 Å². The van der Waals surface area contributed by atoms with Crippen LogP contribution in [0.4, 0.5) is 4.79 Å². The normalized spacial score (nSPS) is 23.1. The third kappa shape index (κ3) is 3.94. The summed E-state index contributed by atoms with van der Waals surface area (Å²) in [5.41, 5.74) is 0.239. The Morgan fingerprint density at radius 1 is 1.19 bits per heavy atom. The summed E-state index contributed by atoms with van der Waals surface area (Å²) in [5.74, 6) is -1.24. The van der Waals surface area contributed by atoms with E-state index in [9.17, 15) is 19.2 Å². The number of piperidine rings is 1. The van der Waals surface area contributed by atoms with Crippen molar-refractivity contribution in [1.29, 1.82) is 0 Å². The van der Waals surface area contributed by atoms with Gasteiger partial charge in [0.05, 0.1) is 5.56 Å². The number of benzene rings is 1. The number of rotatable bonds is 5. The SMILES string of the molecule is CC1(C2CCN(C(=O)CCc3ccc(C(=O)O)cc3)CC2)NC(=O)NC1=O. The van der Waals surface area contributed by atoms with Crippen molar-refractivity contribution in [3.63, 3.8) is 0 Å². The number of nitrogens with zero attached hydrogens (tertiary/aromatic N) is 1. The number of carboxylic acids is 1. The molecule has 3 rings (SSSR count). The van der Waals surface area contributed by atoms with Crippen molar-refractivity contribution in [2.24, 2.45) is 5.92 Å². The first-order valence-electron chi connectivity index (χ1n) is 9.03. The third-order valence-corrected chi connectivity index (χ3v) is 5.56. The molecule has 0 radical (unpaired) electrons. The fourth-order valence-corrected chi connectivity index (χ4v) is 3.77. The van der Waals surface area contributed by atoms with Gasteiger partial charge in [-0.15, -0.1) is 0 Å². The highest BCUT2D eigenvalue weighted by molar-refractivity contribution is 6.07. The van der Waals surface area contributed by atoms with E-state index in [1.165, 1.54) is 12.1 Å². The molecule has 27 heavy (non-hydrogen) atoms. The van der Waals surface area contributed by atoms with Gasteiger partial charge in [-0.1, -0.05) is 12.1 Å². The van der Waals surface area contributed by atoms with Crippen LogP contribution in [0.3, 0.4) is 0 Å². The lowest BCUT2D eigenvalue weighted by atomic mass is 9.79. The molecule has 2 heterocycles. The minimum atomic E-state index is -0.971. The molecule has 1 aromatic rings. The van der Waals surface area contributed by atoms with Gasteiger partial charge in [-0.05, 0) is 49.8 Å². The van der Waals surface area contributed by atoms with Gasteiger partial charge in [-0.3, -0.25) is 14.9 Å². The fourth-order valence-electron chi connectivity index (χ4n) is 3.77. The van der Waals surface area contributed by atoms with Crippen LogP contribution in [-0.2, 0) is 16.0 Å². The number of likely N-dealkylation sites (tertiary alicyclic amines) is 1. The average molecular weight is 373 g/mol. The van der Waals surface area contributed by atoms with E-state index in [0.717, 1.165) is 5.56 Å². The van der Waals surface area contributed by atoms with E-state index in [4.69, 9.17) is 5.11 Å². The predicted molar refractivity (Wildman–Crippen MR) is 96.1 cm³/mol. The molecule has 8 heteroatoms. The molecule has 0 saturated carbocycles. The summed E-state index contributed by atoms with van der Waals surface area (Å²) >= 11 is 0. The van der Waals surface area contributed by atoms with Crippen LogP contribution in [0.1, 0.15) is 42.1 Å². The maximum Gasteiger partial charge on any atom is 0.335 e. The zero-order valence-electron chi connectivity index (χ0n) is 15.2. The summed E-state index contributed by atoms with van der Waals surface area (Å²) in [7, 11) is 0. The first kappa shape index (κ1) is 18.9. The van der Waals surface area contributed by atoms with Crippen LogP contribution in [0.5, 0.6) is 0 Å². The summed E-state index contributed by atoms with van der Waals surface area (Å²) in [6.45, 7) is 2.84. The second-order valence-electron chi connectivity index (χ2n) is 7.27. The van der Waals surface area contributed by atoms with Crippen LogP contribution < -0.4 is 10.6 Å². The average Bonchev–Trinajstić information content (AvgIpc) is 2.93. The minimum absolute atomic E-state index is 0.00318. The van der Waals surface area contributed by atoms with Gasteiger partial charge in [0.2, 0.25) is 5.91 Å². The standard InChI is InChI=1S/C19H23N3O5/c1-19(17(26)20-18(27)21-19)14-8-10-22(11-9-14)15(23)7-4-12-2-5-13(6-3-12)16(24)25/h2-3,5-6,14H,4,7-11H2,1H3,(H,24,25)(H2,20,21,26,27). The smallest absolute Gasteiger partial charge is 0.335 e. The summed E-state index contributed by atoms with van der Waals surface area (Å²) in [4.78, 5) is 48.6.